The van der Waals surface area contributed by atoms with Gasteiger partial charge >= 0.3 is 6.61 Å². The van der Waals surface area contributed by atoms with Crippen molar-refractivity contribution in [1.82, 2.24) is 9.91 Å². The highest BCUT2D eigenvalue weighted by molar-refractivity contribution is 6.04. The second-order valence-electron chi connectivity index (χ2n) is 8.42. The van der Waals surface area contributed by atoms with Crippen molar-refractivity contribution in [1.29, 1.82) is 0 Å². The molecule has 1 unspecified atom stereocenters. The Kier molecular flexibility index (Phi) is 5.34. The molecule has 1 spiro atoms. The average molecular weight is 457 g/mol. The highest BCUT2D eigenvalue weighted by Crippen LogP contribution is 2.53. The van der Waals surface area contributed by atoms with E-state index in [4.69, 9.17) is 19.3 Å². The number of ether oxygens (including phenoxy) is 3. The number of methoxy groups -OCH3 is 1. The third kappa shape index (κ3) is 3.65. The van der Waals surface area contributed by atoms with Crippen LogP contribution < -0.4 is 14.2 Å². The number of nitrogens with zero attached hydrogens (tertiary/aromatic N) is 3. The number of hydrazone groups is 1. The fourth-order valence-corrected chi connectivity index (χ4v) is 5.00. The Balaban J connectivity index is 1.57. The SMILES string of the molecule is COc1cccc2c1OC1(CCN(C(C)=O)CC1)N1N=C(c3ccccc3OC(F)F)CC21. The second kappa shape index (κ2) is 8.20. The van der Waals surface area contributed by atoms with Crippen LogP contribution in [-0.4, -0.2) is 54.1 Å². The van der Waals surface area contributed by atoms with Crippen LogP contribution in [0, 0.1) is 0 Å². The number of para-hydroxylation sites is 2. The molecule has 3 heterocycles. The summed E-state index contributed by atoms with van der Waals surface area (Å²) in [6, 6.07) is 12.3. The van der Waals surface area contributed by atoms with Gasteiger partial charge in [0.25, 0.3) is 0 Å². The number of benzene rings is 2. The first kappa shape index (κ1) is 21.5. The van der Waals surface area contributed by atoms with Crippen LogP contribution in [0.15, 0.2) is 47.6 Å². The number of alkyl halides is 2. The molecule has 0 saturated carbocycles. The van der Waals surface area contributed by atoms with Gasteiger partial charge in [-0.2, -0.15) is 13.9 Å². The summed E-state index contributed by atoms with van der Waals surface area (Å²) < 4.78 is 43.0. The number of carbonyl (C=O) groups is 1. The maximum Gasteiger partial charge on any atom is 0.387 e. The fourth-order valence-electron chi connectivity index (χ4n) is 5.00. The minimum atomic E-state index is -2.92. The van der Waals surface area contributed by atoms with Crippen molar-refractivity contribution < 1.29 is 27.8 Å². The van der Waals surface area contributed by atoms with E-state index in [0.29, 0.717) is 55.1 Å². The van der Waals surface area contributed by atoms with E-state index in [2.05, 4.69) is 0 Å². The van der Waals surface area contributed by atoms with Gasteiger partial charge in [0.2, 0.25) is 11.6 Å². The normalized spacial score (nSPS) is 20.8. The quantitative estimate of drug-likeness (QED) is 0.689. The van der Waals surface area contributed by atoms with Crippen molar-refractivity contribution in [3.8, 4) is 17.2 Å². The molecule has 3 aliphatic rings. The van der Waals surface area contributed by atoms with E-state index in [1.54, 1.807) is 37.1 Å². The van der Waals surface area contributed by atoms with Crippen LogP contribution in [0.1, 0.15) is 43.4 Å². The summed E-state index contributed by atoms with van der Waals surface area (Å²) in [7, 11) is 1.60. The van der Waals surface area contributed by atoms with Gasteiger partial charge in [-0.3, -0.25) is 4.79 Å². The molecule has 0 N–H and O–H groups in total. The van der Waals surface area contributed by atoms with Crippen LogP contribution in [0.3, 0.4) is 0 Å². The van der Waals surface area contributed by atoms with Gasteiger partial charge in [0, 0.05) is 50.4 Å². The van der Waals surface area contributed by atoms with Crippen LogP contribution in [-0.2, 0) is 4.79 Å². The maximum absolute atomic E-state index is 13.0. The van der Waals surface area contributed by atoms with Crippen molar-refractivity contribution in [2.75, 3.05) is 20.2 Å². The lowest BCUT2D eigenvalue weighted by atomic mass is 9.90. The van der Waals surface area contributed by atoms with Crippen molar-refractivity contribution in [3.63, 3.8) is 0 Å². The minimum absolute atomic E-state index is 0.0267. The van der Waals surface area contributed by atoms with Gasteiger partial charge in [0.1, 0.15) is 5.75 Å². The highest BCUT2D eigenvalue weighted by atomic mass is 19.3. The zero-order valence-electron chi connectivity index (χ0n) is 18.5. The molecule has 3 aliphatic heterocycles. The molecule has 5 rings (SSSR count). The lowest BCUT2D eigenvalue weighted by Gasteiger charge is -2.51. The van der Waals surface area contributed by atoms with E-state index < -0.39 is 12.3 Å². The predicted octanol–water partition coefficient (Wildman–Crippen LogP) is 4.18. The number of fused-ring (bicyclic) bond motifs is 4. The number of likely N-dealkylation sites (tertiary alicyclic amines) is 1. The van der Waals surface area contributed by atoms with E-state index in [-0.39, 0.29) is 17.7 Å². The molecule has 0 aliphatic carbocycles. The Morgan fingerprint density at radius 3 is 2.58 bits per heavy atom. The van der Waals surface area contributed by atoms with E-state index in [9.17, 15) is 13.6 Å². The van der Waals surface area contributed by atoms with Gasteiger partial charge in [0.05, 0.1) is 18.9 Å². The number of halogens is 2. The molecule has 1 amide bonds. The molecule has 2 aromatic carbocycles. The molecule has 9 heteroatoms. The number of carbonyl (C=O) groups excluding carboxylic acids is 1. The van der Waals surface area contributed by atoms with Gasteiger partial charge in [0.15, 0.2) is 11.5 Å². The summed E-state index contributed by atoms with van der Waals surface area (Å²) in [6.45, 7) is -0.281. The Hall–Kier alpha value is -3.36. The summed E-state index contributed by atoms with van der Waals surface area (Å²) in [5, 5.41) is 6.86. The molecular weight excluding hydrogens is 432 g/mol. The zero-order chi connectivity index (χ0) is 23.2. The Morgan fingerprint density at radius 2 is 1.88 bits per heavy atom. The number of amides is 1. The molecule has 1 atom stereocenters. The van der Waals surface area contributed by atoms with E-state index in [1.807, 2.05) is 23.2 Å². The van der Waals surface area contributed by atoms with Crippen LogP contribution in [0.4, 0.5) is 8.78 Å². The molecule has 2 aromatic rings. The topological polar surface area (TPSA) is 63.6 Å². The summed E-state index contributed by atoms with van der Waals surface area (Å²) in [5.41, 5.74) is 1.36. The molecule has 33 heavy (non-hydrogen) atoms. The largest absolute Gasteiger partial charge is 0.493 e. The monoisotopic (exact) mass is 457 g/mol. The van der Waals surface area contributed by atoms with Crippen LogP contribution in [0.5, 0.6) is 17.2 Å². The first-order valence-electron chi connectivity index (χ1n) is 10.9. The lowest BCUT2D eigenvalue weighted by Crippen LogP contribution is -2.59. The molecule has 0 bridgehead atoms. The van der Waals surface area contributed by atoms with Crippen molar-refractivity contribution in [3.05, 3.63) is 53.6 Å². The standard InChI is InChI=1S/C24H25F2N3O4/c1-15(30)28-12-10-24(11-13-28)29-19(17-7-5-9-21(31-2)22(17)33-24)14-18(27-29)16-6-3-4-8-20(16)32-23(25)26/h3-9,19,23H,10-14H2,1-2H3. The molecule has 0 aromatic heterocycles. The van der Waals surface area contributed by atoms with E-state index in [0.717, 1.165) is 5.56 Å². The van der Waals surface area contributed by atoms with Gasteiger partial charge in [-0.25, -0.2) is 5.01 Å². The number of hydrogen-bond donors (Lipinski definition) is 0. The summed E-state index contributed by atoms with van der Waals surface area (Å²) in [4.78, 5) is 13.7. The van der Waals surface area contributed by atoms with Crippen molar-refractivity contribution >= 4 is 11.6 Å². The van der Waals surface area contributed by atoms with Crippen molar-refractivity contribution in [2.24, 2.45) is 5.10 Å². The van der Waals surface area contributed by atoms with Gasteiger partial charge in [-0.1, -0.05) is 24.3 Å². The lowest BCUT2D eigenvalue weighted by molar-refractivity contribution is -0.159. The first-order chi connectivity index (χ1) is 15.9. The number of piperidine rings is 1. The molecule has 7 nitrogen and oxygen atoms in total. The molecule has 1 saturated heterocycles. The summed E-state index contributed by atoms with van der Waals surface area (Å²) in [5.74, 6) is 1.43. The highest BCUT2D eigenvalue weighted by Gasteiger charge is 2.53. The van der Waals surface area contributed by atoms with Gasteiger partial charge in [-0.05, 0) is 18.2 Å². The number of rotatable bonds is 4. The second-order valence-corrected chi connectivity index (χ2v) is 8.42. The van der Waals surface area contributed by atoms with Crippen molar-refractivity contribution in [2.45, 2.75) is 44.6 Å². The summed E-state index contributed by atoms with van der Waals surface area (Å²) in [6.07, 6.45) is 1.63. The third-order valence-electron chi connectivity index (χ3n) is 6.61. The average Bonchev–Trinajstić information content (AvgIpc) is 3.26. The van der Waals surface area contributed by atoms with Gasteiger partial charge < -0.3 is 19.1 Å². The Labute approximate surface area is 190 Å². The van der Waals surface area contributed by atoms with Crippen LogP contribution in [0.2, 0.25) is 0 Å². The summed E-state index contributed by atoms with van der Waals surface area (Å²) >= 11 is 0. The maximum atomic E-state index is 13.0. The first-order valence-corrected chi connectivity index (χ1v) is 10.9. The van der Waals surface area contributed by atoms with E-state index >= 15 is 0 Å². The molecular formula is C24H25F2N3O4. The predicted molar refractivity (Wildman–Crippen MR) is 117 cm³/mol. The smallest absolute Gasteiger partial charge is 0.387 e. The van der Waals surface area contributed by atoms with Gasteiger partial charge in [-0.15, -0.1) is 0 Å². The molecule has 0 radical (unpaired) electrons. The molecule has 174 valence electrons. The number of hydrogen-bond acceptors (Lipinski definition) is 6. The Bertz CT molecular complexity index is 1100. The zero-order valence-corrected chi connectivity index (χ0v) is 18.5. The fraction of sp³-hybridized carbons (Fsp3) is 0.417. The third-order valence-corrected chi connectivity index (χ3v) is 6.61. The minimum Gasteiger partial charge on any atom is -0.493 e. The van der Waals surface area contributed by atoms with Crippen LogP contribution in [0.25, 0.3) is 0 Å². The van der Waals surface area contributed by atoms with E-state index in [1.165, 1.54) is 6.07 Å². The molecule has 1 fully saturated rings. The van der Waals surface area contributed by atoms with Crippen LogP contribution >= 0.6 is 0 Å². The Morgan fingerprint density at radius 1 is 1.15 bits per heavy atom.